The van der Waals surface area contributed by atoms with E-state index in [9.17, 15) is 4.79 Å². The Bertz CT molecular complexity index is 677. The fourth-order valence-corrected chi connectivity index (χ4v) is 3.19. The first kappa shape index (κ1) is 18.3. The summed E-state index contributed by atoms with van der Waals surface area (Å²) in [6.45, 7) is 6.12. The summed E-state index contributed by atoms with van der Waals surface area (Å²) >= 11 is 0. The van der Waals surface area contributed by atoms with Gasteiger partial charge in [-0.2, -0.15) is 0 Å². The molecule has 0 aromatic heterocycles. The Kier molecular flexibility index (Phi) is 6.53. The maximum absolute atomic E-state index is 12.1. The molecule has 0 N–H and O–H groups in total. The summed E-state index contributed by atoms with van der Waals surface area (Å²) < 4.78 is 5.85. The third-order valence-corrected chi connectivity index (χ3v) is 4.83. The Morgan fingerprint density at radius 3 is 2.31 bits per heavy atom. The summed E-state index contributed by atoms with van der Waals surface area (Å²) in [5, 5.41) is 0. The monoisotopic (exact) mass is 352 g/mol. The van der Waals surface area contributed by atoms with Crippen molar-refractivity contribution in [3.8, 4) is 5.75 Å². The predicted octanol–water partition coefficient (Wildman–Crippen LogP) is 4.10. The summed E-state index contributed by atoms with van der Waals surface area (Å²) in [6, 6.07) is 18.4. The molecule has 0 aliphatic carbocycles. The van der Waals surface area contributed by atoms with Gasteiger partial charge in [0.25, 0.3) is 0 Å². The van der Waals surface area contributed by atoms with E-state index >= 15 is 0 Å². The number of benzene rings is 2. The van der Waals surface area contributed by atoms with Gasteiger partial charge in [0, 0.05) is 38.3 Å². The Hall–Kier alpha value is -2.49. The molecule has 3 rings (SSSR count). The fourth-order valence-electron chi connectivity index (χ4n) is 3.19. The first-order valence-corrected chi connectivity index (χ1v) is 9.56. The molecule has 0 unspecified atom stereocenters. The van der Waals surface area contributed by atoms with E-state index in [4.69, 9.17) is 4.74 Å². The number of nitrogens with zero attached hydrogens (tertiary/aromatic N) is 2. The molecule has 0 atom stereocenters. The van der Waals surface area contributed by atoms with Crippen LogP contribution in [0.2, 0.25) is 0 Å². The average molecular weight is 352 g/mol. The number of unbranched alkanes of at least 4 members (excludes halogenated alkanes) is 1. The number of carbonyl (C=O) groups excluding carboxylic acids is 1. The lowest BCUT2D eigenvalue weighted by atomic mass is 10.2. The molecule has 1 fully saturated rings. The van der Waals surface area contributed by atoms with E-state index < -0.39 is 0 Å². The fraction of sp³-hybridized carbons (Fsp3) is 0.409. The van der Waals surface area contributed by atoms with E-state index in [2.05, 4.69) is 36.1 Å². The summed E-state index contributed by atoms with van der Waals surface area (Å²) in [5.74, 6) is 1.18. The van der Waals surface area contributed by atoms with Crippen molar-refractivity contribution in [2.45, 2.75) is 32.8 Å². The SMILES string of the molecule is CCCCC(=O)N1CCN(c2ccc(OCc3ccccc3)cc2)CC1. The zero-order valence-electron chi connectivity index (χ0n) is 15.6. The second kappa shape index (κ2) is 9.27. The molecule has 0 bridgehead atoms. The molecule has 1 amide bonds. The third kappa shape index (κ3) is 5.01. The summed E-state index contributed by atoms with van der Waals surface area (Å²) in [5.41, 5.74) is 2.36. The van der Waals surface area contributed by atoms with Gasteiger partial charge in [-0.1, -0.05) is 43.7 Å². The Morgan fingerprint density at radius 2 is 1.65 bits per heavy atom. The van der Waals surface area contributed by atoms with Gasteiger partial charge in [-0.15, -0.1) is 0 Å². The molecule has 2 aromatic rings. The van der Waals surface area contributed by atoms with Crippen LogP contribution in [-0.4, -0.2) is 37.0 Å². The van der Waals surface area contributed by atoms with Crippen LogP contribution in [0, 0.1) is 0 Å². The van der Waals surface area contributed by atoms with Crippen LogP contribution in [0.1, 0.15) is 31.7 Å². The molecule has 1 aliphatic rings. The normalized spacial score (nSPS) is 14.3. The minimum atomic E-state index is 0.302. The highest BCUT2D eigenvalue weighted by Crippen LogP contribution is 2.21. The average Bonchev–Trinajstić information content (AvgIpc) is 2.72. The summed E-state index contributed by atoms with van der Waals surface area (Å²) in [7, 11) is 0. The van der Waals surface area contributed by atoms with Crippen molar-refractivity contribution in [1.29, 1.82) is 0 Å². The Balaban J connectivity index is 1.48. The summed E-state index contributed by atoms with van der Waals surface area (Å²) in [6.07, 6.45) is 2.75. The molecule has 4 heteroatoms. The van der Waals surface area contributed by atoms with E-state index in [0.717, 1.165) is 44.8 Å². The molecular formula is C22H28N2O2. The highest BCUT2D eigenvalue weighted by atomic mass is 16.5. The van der Waals surface area contributed by atoms with Gasteiger partial charge in [-0.3, -0.25) is 4.79 Å². The minimum absolute atomic E-state index is 0.302. The number of hydrogen-bond acceptors (Lipinski definition) is 3. The second-order valence-corrected chi connectivity index (χ2v) is 6.74. The second-order valence-electron chi connectivity index (χ2n) is 6.74. The van der Waals surface area contributed by atoms with E-state index in [1.807, 2.05) is 35.2 Å². The smallest absolute Gasteiger partial charge is 0.222 e. The van der Waals surface area contributed by atoms with E-state index in [1.165, 1.54) is 11.3 Å². The molecule has 1 aliphatic heterocycles. The molecule has 26 heavy (non-hydrogen) atoms. The van der Waals surface area contributed by atoms with Crippen LogP contribution in [0.3, 0.4) is 0 Å². The number of amides is 1. The number of hydrogen-bond donors (Lipinski definition) is 0. The Morgan fingerprint density at radius 1 is 0.962 bits per heavy atom. The standard InChI is InChI=1S/C22H28N2O2/c1-2-3-9-22(25)24-16-14-23(15-17-24)20-10-12-21(13-11-20)26-18-19-7-5-4-6-8-19/h4-8,10-13H,2-3,9,14-18H2,1H3. The first-order chi connectivity index (χ1) is 12.8. The van der Waals surface area contributed by atoms with Gasteiger partial charge in [-0.25, -0.2) is 0 Å². The highest BCUT2D eigenvalue weighted by Gasteiger charge is 2.20. The molecule has 1 saturated heterocycles. The maximum atomic E-state index is 12.1. The van der Waals surface area contributed by atoms with E-state index in [1.54, 1.807) is 0 Å². The number of piperazine rings is 1. The largest absolute Gasteiger partial charge is 0.489 e. The van der Waals surface area contributed by atoms with Gasteiger partial charge in [0.05, 0.1) is 0 Å². The minimum Gasteiger partial charge on any atom is -0.489 e. The summed E-state index contributed by atoms with van der Waals surface area (Å²) in [4.78, 5) is 16.5. The zero-order valence-corrected chi connectivity index (χ0v) is 15.6. The van der Waals surface area contributed by atoms with Crippen LogP contribution in [-0.2, 0) is 11.4 Å². The lowest BCUT2D eigenvalue weighted by molar-refractivity contribution is -0.131. The number of ether oxygens (including phenoxy) is 1. The van der Waals surface area contributed by atoms with Gasteiger partial charge in [0.1, 0.15) is 12.4 Å². The lowest BCUT2D eigenvalue weighted by Crippen LogP contribution is -2.48. The van der Waals surface area contributed by atoms with Gasteiger partial charge in [0.2, 0.25) is 5.91 Å². The Labute approximate surface area is 156 Å². The van der Waals surface area contributed by atoms with Crippen molar-refractivity contribution in [3.05, 3.63) is 60.2 Å². The number of carbonyl (C=O) groups is 1. The van der Waals surface area contributed by atoms with Crippen LogP contribution in [0.15, 0.2) is 54.6 Å². The highest BCUT2D eigenvalue weighted by molar-refractivity contribution is 5.76. The van der Waals surface area contributed by atoms with Gasteiger partial charge < -0.3 is 14.5 Å². The first-order valence-electron chi connectivity index (χ1n) is 9.56. The van der Waals surface area contributed by atoms with Gasteiger partial charge >= 0.3 is 0 Å². The van der Waals surface area contributed by atoms with E-state index in [0.29, 0.717) is 18.9 Å². The zero-order chi connectivity index (χ0) is 18.2. The van der Waals surface area contributed by atoms with Crippen LogP contribution in [0.4, 0.5) is 5.69 Å². The van der Waals surface area contributed by atoms with Crippen LogP contribution < -0.4 is 9.64 Å². The molecule has 0 radical (unpaired) electrons. The van der Waals surface area contributed by atoms with Crippen molar-refractivity contribution in [1.82, 2.24) is 4.90 Å². The van der Waals surface area contributed by atoms with Gasteiger partial charge in [0.15, 0.2) is 0 Å². The van der Waals surface area contributed by atoms with Crippen molar-refractivity contribution in [2.75, 3.05) is 31.1 Å². The molecule has 138 valence electrons. The molecule has 0 spiro atoms. The molecule has 0 saturated carbocycles. The van der Waals surface area contributed by atoms with Crippen LogP contribution in [0.25, 0.3) is 0 Å². The third-order valence-electron chi connectivity index (χ3n) is 4.83. The number of rotatable bonds is 7. The van der Waals surface area contributed by atoms with Crippen molar-refractivity contribution in [2.24, 2.45) is 0 Å². The molecular weight excluding hydrogens is 324 g/mol. The quantitative estimate of drug-likeness (QED) is 0.752. The maximum Gasteiger partial charge on any atom is 0.222 e. The van der Waals surface area contributed by atoms with Crippen molar-refractivity contribution < 1.29 is 9.53 Å². The van der Waals surface area contributed by atoms with Crippen molar-refractivity contribution >= 4 is 11.6 Å². The van der Waals surface area contributed by atoms with E-state index in [-0.39, 0.29) is 0 Å². The molecule has 1 heterocycles. The van der Waals surface area contributed by atoms with Crippen molar-refractivity contribution in [3.63, 3.8) is 0 Å². The van der Waals surface area contributed by atoms with Crippen LogP contribution >= 0.6 is 0 Å². The number of anilines is 1. The van der Waals surface area contributed by atoms with Gasteiger partial charge in [-0.05, 0) is 36.2 Å². The predicted molar refractivity (Wildman–Crippen MR) is 106 cm³/mol. The molecule has 4 nitrogen and oxygen atoms in total. The topological polar surface area (TPSA) is 32.8 Å². The van der Waals surface area contributed by atoms with Crippen LogP contribution in [0.5, 0.6) is 5.75 Å². The lowest BCUT2D eigenvalue weighted by Gasteiger charge is -2.36. The molecule has 2 aromatic carbocycles.